The van der Waals surface area contributed by atoms with Crippen molar-refractivity contribution in [3.8, 4) is 0 Å². The molecule has 0 saturated heterocycles. The molecule has 0 radical (unpaired) electrons. The zero-order valence-electron chi connectivity index (χ0n) is 5.96. The summed E-state index contributed by atoms with van der Waals surface area (Å²) in [7, 11) is 1.43. The van der Waals surface area contributed by atoms with E-state index in [2.05, 4.69) is 14.9 Å². The van der Waals surface area contributed by atoms with Gasteiger partial charge >= 0.3 is 0 Å². The molecular weight excluding hydrogens is 132 g/mol. The molecule has 1 unspecified atom stereocenters. The van der Waals surface area contributed by atoms with Crippen molar-refractivity contribution in [3.63, 3.8) is 0 Å². The van der Waals surface area contributed by atoms with E-state index in [0.29, 0.717) is 5.69 Å². The molecule has 0 spiro atoms. The van der Waals surface area contributed by atoms with Gasteiger partial charge < -0.3 is 9.84 Å². The van der Waals surface area contributed by atoms with Gasteiger partial charge in [0.15, 0.2) is 6.29 Å². The first-order chi connectivity index (χ1) is 4.74. The van der Waals surface area contributed by atoms with Crippen molar-refractivity contribution >= 4 is 0 Å². The normalized spacial score (nSPS) is 13.5. The number of hydrogen-bond donors (Lipinski definition) is 2. The number of H-pyrrole nitrogens is 1. The highest BCUT2D eigenvalue weighted by atomic mass is 16.6. The number of hydrogen-bond acceptors (Lipinski definition) is 3. The molecular formula is C6H10N2O2. The van der Waals surface area contributed by atoms with E-state index < -0.39 is 6.29 Å². The van der Waals surface area contributed by atoms with Crippen LogP contribution in [0.3, 0.4) is 0 Å². The number of aromatic amines is 1. The third kappa shape index (κ3) is 1.34. The molecule has 0 aliphatic heterocycles. The molecule has 0 aliphatic rings. The van der Waals surface area contributed by atoms with Gasteiger partial charge in [-0.2, -0.15) is 5.10 Å². The predicted molar refractivity (Wildman–Crippen MR) is 35.3 cm³/mol. The zero-order chi connectivity index (χ0) is 7.56. The van der Waals surface area contributed by atoms with Crippen LogP contribution in [0.2, 0.25) is 0 Å². The number of aromatic nitrogens is 2. The Hall–Kier alpha value is -0.870. The summed E-state index contributed by atoms with van der Waals surface area (Å²) in [6, 6.07) is 1.73. The summed E-state index contributed by atoms with van der Waals surface area (Å²) in [4.78, 5) is 0. The monoisotopic (exact) mass is 142 g/mol. The lowest BCUT2D eigenvalue weighted by molar-refractivity contribution is -0.0798. The van der Waals surface area contributed by atoms with Crippen LogP contribution in [0.4, 0.5) is 0 Å². The summed E-state index contributed by atoms with van der Waals surface area (Å²) in [5, 5.41) is 15.5. The molecule has 4 heteroatoms. The molecule has 1 aromatic rings. The molecule has 4 nitrogen and oxygen atoms in total. The Balaban J connectivity index is 2.74. The second kappa shape index (κ2) is 2.81. The Kier molecular flexibility index (Phi) is 2.03. The number of aryl methyl sites for hydroxylation is 1. The van der Waals surface area contributed by atoms with Gasteiger partial charge in [-0.3, -0.25) is 5.10 Å². The van der Waals surface area contributed by atoms with E-state index in [-0.39, 0.29) is 0 Å². The van der Waals surface area contributed by atoms with Gasteiger partial charge in [0.05, 0.1) is 0 Å². The molecule has 10 heavy (non-hydrogen) atoms. The number of nitrogens with zero attached hydrogens (tertiary/aromatic N) is 1. The Morgan fingerprint density at radius 2 is 2.50 bits per heavy atom. The quantitative estimate of drug-likeness (QED) is 0.586. The van der Waals surface area contributed by atoms with Crippen molar-refractivity contribution in [2.45, 2.75) is 13.2 Å². The molecule has 0 aliphatic carbocycles. The lowest BCUT2D eigenvalue weighted by Gasteiger charge is -2.01. The highest BCUT2D eigenvalue weighted by Gasteiger charge is 2.07. The molecule has 0 saturated carbocycles. The molecule has 1 rings (SSSR count). The first kappa shape index (κ1) is 7.24. The third-order valence-corrected chi connectivity index (χ3v) is 1.20. The van der Waals surface area contributed by atoms with Crippen molar-refractivity contribution in [1.82, 2.24) is 10.2 Å². The lowest BCUT2D eigenvalue weighted by atomic mass is 10.4. The van der Waals surface area contributed by atoms with Crippen LogP contribution in [0.25, 0.3) is 0 Å². The van der Waals surface area contributed by atoms with Crippen LogP contribution in [-0.4, -0.2) is 22.4 Å². The minimum atomic E-state index is -0.912. The molecule has 1 heterocycles. The fourth-order valence-corrected chi connectivity index (χ4v) is 0.686. The first-order valence-electron chi connectivity index (χ1n) is 2.97. The summed E-state index contributed by atoms with van der Waals surface area (Å²) < 4.78 is 4.62. The Morgan fingerprint density at radius 1 is 1.80 bits per heavy atom. The SMILES string of the molecule is COC(O)c1cc(C)[nH]n1. The van der Waals surface area contributed by atoms with Gasteiger partial charge in [-0.25, -0.2) is 0 Å². The van der Waals surface area contributed by atoms with Crippen LogP contribution < -0.4 is 0 Å². The summed E-state index contributed by atoms with van der Waals surface area (Å²) >= 11 is 0. The van der Waals surface area contributed by atoms with Crippen LogP contribution in [-0.2, 0) is 4.74 Å². The number of ether oxygens (including phenoxy) is 1. The molecule has 0 amide bonds. The summed E-state index contributed by atoms with van der Waals surface area (Å²) in [6.45, 7) is 1.86. The predicted octanol–water partition coefficient (Wildman–Crippen LogP) is 0.355. The highest BCUT2D eigenvalue weighted by molar-refractivity contribution is 5.07. The van der Waals surface area contributed by atoms with Crippen molar-refractivity contribution in [1.29, 1.82) is 0 Å². The zero-order valence-corrected chi connectivity index (χ0v) is 5.96. The molecule has 0 aromatic carbocycles. The van der Waals surface area contributed by atoms with Crippen molar-refractivity contribution < 1.29 is 9.84 Å². The average Bonchev–Trinajstić information content (AvgIpc) is 2.34. The van der Waals surface area contributed by atoms with Gasteiger partial charge in [-0.15, -0.1) is 0 Å². The summed E-state index contributed by atoms with van der Waals surface area (Å²) in [5.41, 5.74) is 1.42. The smallest absolute Gasteiger partial charge is 0.200 e. The minimum Gasteiger partial charge on any atom is -0.363 e. The van der Waals surface area contributed by atoms with E-state index >= 15 is 0 Å². The van der Waals surface area contributed by atoms with E-state index in [9.17, 15) is 0 Å². The van der Waals surface area contributed by atoms with E-state index in [1.165, 1.54) is 7.11 Å². The second-order valence-corrected chi connectivity index (χ2v) is 2.06. The van der Waals surface area contributed by atoms with E-state index in [1.54, 1.807) is 6.07 Å². The van der Waals surface area contributed by atoms with E-state index in [1.807, 2.05) is 6.92 Å². The lowest BCUT2D eigenvalue weighted by Crippen LogP contribution is -1.99. The Bertz CT molecular complexity index is 209. The molecule has 56 valence electrons. The number of methoxy groups -OCH3 is 1. The maximum absolute atomic E-state index is 9.04. The van der Waals surface area contributed by atoms with Crippen LogP contribution >= 0.6 is 0 Å². The second-order valence-electron chi connectivity index (χ2n) is 2.06. The molecule has 0 bridgehead atoms. The van der Waals surface area contributed by atoms with Crippen LogP contribution in [0.15, 0.2) is 6.07 Å². The van der Waals surface area contributed by atoms with E-state index in [4.69, 9.17) is 5.11 Å². The maximum Gasteiger partial charge on any atom is 0.200 e. The highest BCUT2D eigenvalue weighted by Crippen LogP contribution is 2.09. The molecule has 0 fully saturated rings. The number of rotatable bonds is 2. The minimum absolute atomic E-state index is 0.514. The fraction of sp³-hybridized carbons (Fsp3) is 0.500. The Labute approximate surface area is 58.8 Å². The largest absolute Gasteiger partial charge is 0.363 e. The van der Waals surface area contributed by atoms with Gasteiger partial charge in [-0.05, 0) is 13.0 Å². The fourth-order valence-electron chi connectivity index (χ4n) is 0.686. The van der Waals surface area contributed by atoms with Crippen LogP contribution in [0.1, 0.15) is 17.7 Å². The first-order valence-corrected chi connectivity index (χ1v) is 2.97. The van der Waals surface area contributed by atoms with Crippen LogP contribution in [0.5, 0.6) is 0 Å². The molecule has 2 N–H and O–H groups in total. The number of nitrogens with one attached hydrogen (secondary N) is 1. The van der Waals surface area contributed by atoms with Gasteiger partial charge in [-0.1, -0.05) is 0 Å². The van der Waals surface area contributed by atoms with Gasteiger partial charge in [0, 0.05) is 12.8 Å². The standard InChI is InChI=1S/C6H10N2O2/c1-4-3-5(8-7-4)6(9)10-2/h3,6,9H,1-2H3,(H,7,8). The molecule has 1 aromatic heterocycles. The Morgan fingerprint density at radius 3 is 2.90 bits per heavy atom. The van der Waals surface area contributed by atoms with Gasteiger partial charge in [0.1, 0.15) is 5.69 Å². The van der Waals surface area contributed by atoms with E-state index in [0.717, 1.165) is 5.69 Å². The number of aliphatic hydroxyl groups is 1. The van der Waals surface area contributed by atoms with Gasteiger partial charge in [0.2, 0.25) is 0 Å². The summed E-state index contributed by atoms with van der Waals surface area (Å²) in [6.07, 6.45) is -0.912. The average molecular weight is 142 g/mol. The van der Waals surface area contributed by atoms with Crippen molar-refractivity contribution in [2.24, 2.45) is 0 Å². The number of aliphatic hydroxyl groups excluding tert-OH is 1. The maximum atomic E-state index is 9.04. The van der Waals surface area contributed by atoms with Crippen molar-refractivity contribution in [3.05, 3.63) is 17.5 Å². The van der Waals surface area contributed by atoms with Crippen molar-refractivity contribution in [2.75, 3.05) is 7.11 Å². The summed E-state index contributed by atoms with van der Waals surface area (Å²) in [5.74, 6) is 0. The van der Waals surface area contributed by atoms with Crippen LogP contribution in [0, 0.1) is 6.92 Å². The molecule has 1 atom stereocenters. The van der Waals surface area contributed by atoms with Gasteiger partial charge in [0.25, 0.3) is 0 Å². The topological polar surface area (TPSA) is 58.1 Å². The third-order valence-electron chi connectivity index (χ3n) is 1.20.